The van der Waals surface area contributed by atoms with E-state index in [1.165, 1.54) is 25.7 Å². The lowest BCUT2D eigenvalue weighted by atomic mass is 9.75. The number of aryl methyl sites for hydroxylation is 1. The molecule has 0 bridgehead atoms. The monoisotopic (exact) mass is 233 g/mol. The van der Waals surface area contributed by atoms with Crippen LogP contribution in [0.5, 0.6) is 5.75 Å². The van der Waals surface area contributed by atoms with E-state index in [-0.39, 0.29) is 0 Å². The van der Waals surface area contributed by atoms with Gasteiger partial charge in [-0.2, -0.15) is 0 Å². The number of hydrogen-bond donors (Lipinski definition) is 2. The molecule has 0 radical (unpaired) electrons. The Morgan fingerprint density at radius 2 is 1.88 bits per heavy atom. The largest absolute Gasteiger partial charge is 0.508 e. The zero-order valence-electron chi connectivity index (χ0n) is 11.1. The predicted octanol–water partition coefficient (Wildman–Crippen LogP) is 4.08. The van der Waals surface area contributed by atoms with Crippen LogP contribution in [0.15, 0.2) is 18.2 Å². The van der Waals surface area contributed by atoms with E-state index >= 15 is 0 Å². The van der Waals surface area contributed by atoms with Gasteiger partial charge in [0.05, 0.1) is 0 Å². The molecule has 1 aliphatic rings. The van der Waals surface area contributed by atoms with Crippen molar-refractivity contribution in [2.75, 3.05) is 5.32 Å². The van der Waals surface area contributed by atoms with E-state index < -0.39 is 0 Å². The Morgan fingerprint density at radius 3 is 2.47 bits per heavy atom. The van der Waals surface area contributed by atoms with E-state index in [4.69, 9.17) is 0 Å². The lowest BCUT2D eigenvalue weighted by Gasteiger charge is -2.35. The van der Waals surface area contributed by atoms with Crippen molar-refractivity contribution in [3.63, 3.8) is 0 Å². The minimum absolute atomic E-state index is 0.375. The Labute approximate surface area is 104 Å². The highest BCUT2D eigenvalue weighted by atomic mass is 16.3. The van der Waals surface area contributed by atoms with Crippen LogP contribution in [0.3, 0.4) is 0 Å². The van der Waals surface area contributed by atoms with Gasteiger partial charge in [-0.3, -0.25) is 0 Å². The minimum Gasteiger partial charge on any atom is -0.508 e. The molecule has 0 atom stereocenters. The molecule has 2 heteroatoms. The number of phenols is 1. The van der Waals surface area contributed by atoms with Gasteiger partial charge in [0, 0.05) is 11.7 Å². The molecule has 0 amide bonds. The Kier molecular flexibility index (Phi) is 3.32. The summed E-state index contributed by atoms with van der Waals surface area (Å²) in [6.45, 7) is 6.65. The molecule has 0 aliphatic heterocycles. The maximum absolute atomic E-state index is 9.49. The Balaban J connectivity index is 1.95. The fraction of sp³-hybridized carbons (Fsp3) is 0.600. The first-order valence-electron chi connectivity index (χ1n) is 6.52. The van der Waals surface area contributed by atoms with Crippen molar-refractivity contribution in [1.29, 1.82) is 0 Å². The highest BCUT2D eigenvalue weighted by Gasteiger charge is 2.26. The van der Waals surface area contributed by atoms with Crippen molar-refractivity contribution < 1.29 is 5.11 Å². The summed E-state index contributed by atoms with van der Waals surface area (Å²) in [6, 6.07) is 6.34. The fourth-order valence-corrected chi connectivity index (χ4v) is 2.52. The molecule has 0 heterocycles. The molecule has 0 aromatic heterocycles. The number of aromatic hydroxyl groups is 1. The smallest absolute Gasteiger partial charge is 0.118 e. The number of anilines is 1. The van der Waals surface area contributed by atoms with Crippen LogP contribution in [-0.2, 0) is 0 Å². The molecule has 0 saturated heterocycles. The van der Waals surface area contributed by atoms with E-state index in [1.54, 1.807) is 6.07 Å². The van der Waals surface area contributed by atoms with Gasteiger partial charge in [0.1, 0.15) is 5.75 Å². The van der Waals surface area contributed by atoms with Gasteiger partial charge in [-0.1, -0.05) is 13.8 Å². The minimum atomic E-state index is 0.375. The zero-order valence-corrected chi connectivity index (χ0v) is 11.1. The second-order valence-electron chi connectivity index (χ2n) is 6.08. The van der Waals surface area contributed by atoms with Crippen LogP contribution in [-0.4, -0.2) is 11.1 Å². The lowest BCUT2D eigenvalue weighted by molar-refractivity contribution is 0.232. The topological polar surface area (TPSA) is 32.3 Å². The summed E-state index contributed by atoms with van der Waals surface area (Å²) in [7, 11) is 0. The van der Waals surface area contributed by atoms with Crippen LogP contribution in [0, 0.1) is 12.3 Å². The summed E-state index contributed by atoms with van der Waals surface area (Å²) in [5.41, 5.74) is 2.58. The van der Waals surface area contributed by atoms with Crippen molar-refractivity contribution in [1.82, 2.24) is 0 Å². The van der Waals surface area contributed by atoms with Crippen LogP contribution in [0.2, 0.25) is 0 Å². The predicted molar refractivity (Wildman–Crippen MR) is 72.5 cm³/mol. The van der Waals surface area contributed by atoms with Crippen LogP contribution < -0.4 is 5.32 Å². The third kappa shape index (κ3) is 3.15. The quantitative estimate of drug-likeness (QED) is 0.754. The van der Waals surface area contributed by atoms with Gasteiger partial charge >= 0.3 is 0 Å². The zero-order chi connectivity index (χ0) is 12.5. The van der Waals surface area contributed by atoms with Crippen LogP contribution in [0.1, 0.15) is 45.1 Å². The summed E-state index contributed by atoms with van der Waals surface area (Å²) in [6.07, 6.45) is 5.07. The van der Waals surface area contributed by atoms with Crippen molar-refractivity contribution >= 4 is 5.69 Å². The number of benzene rings is 1. The average Bonchev–Trinajstić information content (AvgIpc) is 2.27. The summed E-state index contributed by atoms with van der Waals surface area (Å²) in [5.74, 6) is 0.375. The van der Waals surface area contributed by atoms with E-state index in [0.29, 0.717) is 17.2 Å². The van der Waals surface area contributed by atoms with Crippen LogP contribution in [0.25, 0.3) is 0 Å². The molecule has 1 aromatic carbocycles. The molecule has 1 fully saturated rings. The second-order valence-corrected chi connectivity index (χ2v) is 6.08. The molecule has 1 saturated carbocycles. The SMILES string of the molecule is Cc1cc(NC2CCC(C)(C)CC2)ccc1O. The summed E-state index contributed by atoms with van der Waals surface area (Å²) in [5, 5.41) is 13.1. The number of phenolic OH excluding ortho intramolecular Hbond substituents is 1. The van der Waals surface area contributed by atoms with Crippen molar-refractivity contribution in [2.45, 2.75) is 52.5 Å². The summed E-state index contributed by atoms with van der Waals surface area (Å²) in [4.78, 5) is 0. The molecule has 0 spiro atoms. The third-order valence-electron chi connectivity index (χ3n) is 3.91. The Morgan fingerprint density at radius 1 is 1.24 bits per heavy atom. The van der Waals surface area contributed by atoms with E-state index in [2.05, 4.69) is 19.2 Å². The van der Waals surface area contributed by atoms with Gasteiger partial charge in [-0.15, -0.1) is 0 Å². The first-order valence-corrected chi connectivity index (χ1v) is 6.52. The maximum atomic E-state index is 9.49. The molecular weight excluding hydrogens is 210 g/mol. The van der Waals surface area contributed by atoms with Gasteiger partial charge in [0.2, 0.25) is 0 Å². The molecule has 1 aliphatic carbocycles. The fourth-order valence-electron chi connectivity index (χ4n) is 2.52. The molecule has 2 nitrogen and oxygen atoms in total. The van der Waals surface area contributed by atoms with Gasteiger partial charge in [-0.25, -0.2) is 0 Å². The van der Waals surface area contributed by atoms with Crippen LogP contribution in [0.4, 0.5) is 5.69 Å². The molecular formula is C15H23NO. The molecule has 0 unspecified atom stereocenters. The molecule has 2 rings (SSSR count). The molecule has 17 heavy (non-hydrogen) atoms. The Hall–Kier alpha value is -1.18. The van der Waals surface area contributed by atoms with Crippen molar-refractivity contribution in [3.8, 4) is 5.75 Å². The van der Waals surface area contributed by atoms with Gasteiger partial charge in [-0.05, 0) is 61.8 Å². The number of nitrogens with one attached hydrogen (secondary N) is 1. The maximum Gasteiger partial charge on any atom is 0.118 e. The van der Waals surface area contributed by atoms with E-state index in [9.17, 15) is 5.11 Å². The number of hydrogen-bond acceptors (Lipinski definition) is 2. The standard InChI is InChI=1S/C15H23NO/c1-11-10-13(4-5-14(11)17)16-12-6-8-15(2,3)9-7-12/h4-5,10,12,16-17H,6-9H2,1-3H3. The van der Waals surface area contributed by atoms with Crippen LogP contribution >= 0.6 is 0 Å². The van der Waals surface area contributed by atoms with Crippen molar-refractivity contribution in [3.05, 3.63) is 23.8 Å². The average molecular weight is 233 g/mol. The summed E-state index contributed by atoms with van der Waals surface area (Å²) >= 11 is 0. The van der Waals surface area contributed by atoms with Crippen molar-refractivity contribution in [2.24, 2.45) is 5.41 Å². The molecule has 2 N–H and O–H groups in total. The number of rotatable bonds is 2. The molecule has 94 valence electrons. The first-order chi connectivity index (χ1) is 7.96. The summed E-state index contributed by atoms with van der Waals surface area (Å²) < 4.78 is 0. The Bertz CT molecular complexity index is 388. The van der Waals surface area contributed by atoms with Gasteiger partial charge in [0.25, 0.3) is 0 Å². The van der Waals surface area contributed by atoms with E-state index in [1.807, 2.05) is 19.1 Å². The first kappa shape index (κ1) is 12.3. The lowest BCUT2D eigenvalue weighted by Crippen LogP contribution is -2.29. The normalized spacial score (nSPS) is 20.2. The van der Waals surface area contributed by atoms with Gasteiger partial charge in [0.15, 0.2) is 0 Å². The van der Waals surface area contributed by atoms with E-state index in [0.717, 1.165) is 11.3 Å². The highest BCUT2D eigenvalue weighted by molar-refractivity contribution is 5.50. The third-order valence-corrected chi connectivity index (χ3v) is 3.91. The highest BCUT2D eigenvalue weighted by Crippen LogP contribution is 2.36. The second kappa shape index (κ2) is 4.59. The molecule has 1 aromatic rings. The van der Waals surface area contributed by atoms with Gasteiger partial charge < -0.3 is 10.4 Å².